The Morgan fingerprint density at radius 1 is 1.34 bits per heavy atom. The lowest BCUT2D eigenvalue weighted by molar-refractivity contribution is -0.124. The first-order valence-electron chi connectivity index (χ1n) is 9.55. The Kier molecular flexibility index (Phi) is 5.13. The molecule has 0 unspecified atom stereocenters. The molecule has 2 aromatic heterocycles. The molecule has 1 aliphatic rings. The highest BCUT2D eigenvalue weighted by molar-refractivity contribution is 7.89. The zero-order valence-corrected chi connectivity index (χ0v) is 17.1. The summed E-state index contributed by atoms with van der Waals surface area (Å²) in [5.74, 6) is 0.291. The van der Waals surface area contributed by atoms with Gasteiger partial charge in [-0.05, 0) is 57.0 Å². The number of rotatable bonds is 6. The number of nitrogens with zero attached hydrogens (tertiary/aromatic N) is 4. The van der Waals surface area contributed by atoms with E-state index < -0.39 is 16.1 Å². The van der Waals surface area contributed by atoms with Gasteiger partial charge in [-0.3, -0.25) is 4.79 Å². The maximum Gasteiger partial charge on any atom is 0.243 e. The number of nitrogens with one attached hydrogen (secondary N) is 1. The van der Waals surface area contributed by atoms with Gasteiger partial charge in [-0.2, -0.15) is 4.31 Å². The minimum atomic E-state index is -3.84. The van der Waals surface area contributed by atoms with Crippen LogP contribution in [0.4, 0.5) is 0 Å². The van der Waals surface area contributed by atoms with E-state index in [2.05, 4.69) is 15.6 Å². The summed E-state index contributed by atoms with van der Waals surface area (Å²) < 4.78 is 34.7. The molecule has 154 valence electrons. The van der Waals surface area contributed by atoms with Gasteiger partial charge in [0.25, 0.3) is 0 Å². The van der Waals surface area contributed by atoms with Gasteiger partial charge in [0, 0.05) is 12.6 Å². The van der Waals surface area contributed by atoms with Crippen molar-refractivity contribution in [2.24, 2.45) is 0 Å². The van der Waals surface area contributed by atoms with Crippen molar-refractivity contribution in [1.82, 2.24) is 24.6 Å². The highest BCUT2D eigenvalue weighted by Crippen LogP contribution is 2.28. The van der Waals surface area contributed by atoms with E-state index >= 15 is 0 Å². The number of aromatic nitrogens is 3. The lowest BCUT2D eigenvalue weighted by Gasteiger charge is -2.23. The van der Waals surface area contributed by atoms with Gasteiger partial charge in [0.2, 0.25) is 15.9 Å². The lowest BCUT2D eigenvalue weighted by Crippen LogP contribution is -2.45. The monoisotopic (exact) mass is 417 g/mol. The van der Waals surface area contributed by atoms with Crippen LogP contribution in [0.5, 0.6) is 0 Å². The van der Waals surface area contributed by atoms with E-state index in [1.807, 2.05) is 13.8 Å². The second-order valence-electron chi connectivity index (χ2n) is 7.35. The number of amides is 1. The molecule has 0 spiro atoms. The number of sulfonamides is 1. The van der Waals surface area contributed by atoms with Gasteiger partial charge in [-0.25, -0.2) is 13.1 Å². The quantitative estimate of drug-likeness (QED) is 0.657. The first-order chi connectivity index (χ1) is 13.9. The van der Waals surface area contributed by atoms with Crippen LogP contribution in [-0.4, -0.2) is 46.2 Å². The van der Waals surface area contributed by atoms with Crippen molar-refractivity contribution >= 4 is 27.0 Å². The van der Waals surface area contributed by atoms with Crippen molar-refractivity contribution in [3.63, 3.8) is 0 Å². The molecule has 1 N–H and O–H groups in total. The summed E-state index contributed by atoms with van der Waals surface area (Å²) in [4.78, 5) is 12.8. The molecule has 1 aromatic carbocycles. The number of hydrogen-bond donors (Lipinski definition) is 1. The predicted molar refractivity (Wildman–Crippen MR) is 105 cm³/mol. The van der Waals surface area contributed by atoms with Crippen LogP contribution in [0.1, 0.15) is 38.5 Å². The minimum absolute atomic E-state index is 0.114. The molecule has 4 rings (SSSR count). The van der Waals surface area contributed by atoms with E-state index in [9.17, 15) is 13.2 Å². The Hall–Kier alpha value is -2.72. The van der Waals surface area contributed by atoms with E-state index in [1.54, 1.807) is 28.9 Å². The maximum absolute atomic E-state index is 13.2. The minimum Gasteiger partial charge on any atom is -0.467 e. The molecule has 1 aliphatic heterocycles. The molecule has 0 bridgehead atoms. The van der Waals surface area contributed by atoms with E-state index in [0.717, 1.165) is 5.52 Å². The molecule has 3 aromatic rings. The van der Waals surface area contributed by atoms with Crippen molar-refractivity contribution in [2.45, 2.75) is 50.2 Å². The molecule has 10 heteroatoms. The van der Waals surface area contributed by atoms with Crippen molar-refractivity contribution in [3.8, 4) is 0 Å². The SMILES string of the molecule is CC(C)n1nnc2cc(S(=O)(=O)N3CCC[C@@H]3C(=O)NCc3ccco3)ccc21. The molecule has 1 atom stereocenters. The van der Waals surface area contributed by atoms with Gasteiger partial charge < -0.3 is 9.73 Å². The van der Waals surface area contributed by atoms with Crippen molar-refractivity contribution in [2.75, 3.05) is 6.54 Å². The second kappa shape index (κ2) is 7.60. The molecule has 0 radical (unpaired) electrons. The molecule has 29 heavy (non-hydrogen) atoms. The average molecular weight is 417 g/mol. The number of carbonyl (C=O) groups excluding carboxylic acids is 1. The molecule has 1 amide bonds. The Balaban J connectivity index is 1.56. The zero-order chi connectivity index (χ0) is 20.6. The van der Waals surface area contributed by atoms with Gasteiger partial charge >= 0.3 is 0 Å². The molecular formula is C19H23N5O4S. The Labute approximate surface area is 168 Å². The number of benzene rings is 1. The summed E-state index contributed by atoms with van der Waals surface area (Å²) in [6, 6.07) is 7.65. The molecule has 0 aliphatic carbocycles. The van der Waals surface area contributed by atoms with Crippen LogP contribution in [0.2, 0.25) is 0 Å². The summed E-state index contributed by atoms with van der Waals surface area (Å²) in [6.45, 7) is 4.49. The smallest absolute Gasteiger partial charge is 0.243 e. The molecule has 9 nitrogen and oxygen atoms in total. The first kappa shape index (κ1) is 19.6. The van der Waals surface area contributed by atoms with E-state index in [-0.39, 0.29) is 23.4 Å². The van der Waals surface area contributed by atoms with Crippen molar-refractivity contribution in [1.29, 1.82) is 0 Å². The predicted octanol–water partition coefficient (Wildman–Crippen LogP) is 2.07. The third-order valence-corrected chi connectivity index (χ3v) is 6.97. The van der Waals surface area contributed by atoms with Crippen LogP contribution in [0, 0.1) is 0 Å². The number of fused-ring (bicyclic) bond motifs is 1. The normalized spacial score (nSPS) is 18.0. The van der Waals surface area contributed by atoms with Gasteiger partial charge in [-0.1, -0.05) is 5.21 Å². The van der Waals surface area contributed by atoms with Gasteiger partial charge in [0.15, 0.2) is 0 Å². The fraction of sp³-hybridized carbons (Fsp3) is 0.421. The molecular weight excluding hydrogens is 394 g/mol. The lowest BCUT2D eigenvalue weighted by atomic mass is 10.2. The third-order valence-electron chi connectivity index (χ3n) is 5.06. The van der Waals surface area contributed by atoms with E-state index in [4.69, 9.17) is 4.42 Å². The molecule has 1 saturated heterocycles. The Morgan fingerprint density at radius 3 is 2.90 bits per heavy atom. The molecule has 3 heterocycles. The highest BCUT2D eigenvalue weighted by Gasteiger charge is 2.39. The van der Waals surface area contributed by atoms with Gasteiger partial charge in [0.1, 0.15) is 17.3 Å². The fourth-order valence-corrected chi connectivity index (χ4v) is 5.27. The number of hydrogen-bond acceptors (Lipinski definition) is 6. The van der Waals surface area contributed by atoms with Crippen LogP contribution in [0.15, 0.2) is 45.9 Å². The Morgan fingerprint density at radius 2 is 2.17 bits per heavy atom. The second-order valence-corrected chi connectivity index (χ2v) is 9.24. The third kappa shape index (κ3) is 3.65. The summed E-state index contributed by atoms with van der Waals surface area (Å²) >= 11 is 0. The Bertz CT molecular complexity index is 1120. The van der Waals surface area contributed by atoms with Crippen LogP contribution in [-0.2, 0) is 21.4 Å². The van der Waals surface area contributed by atoms with Gasteiger partial charge in [-0.15, -0.1) is 5.10 Å². The highest BCUT2D eigenvalue weighted by atomic mass is 32.2. The van der Waals surface area contributed by atoms with E-state index in [0.29, 0.717) is 30.7 Å². The fourth-order valence-electron chi connectivity index (χ4n) is 3.59. The average Bonchev–Trinajstić information content (AvgIpc) is 3.45. The summed E-state index contributed by atoms with van der Waals surface area (Å²) in [6.07, 6.45) is 2.64. The largest absolute Gasteiger partial charge is 0.467 e. The first-order valence-corrected chi connectivity index (χ1v) is 11.0. The van der Waals surface area contributed by atoms with Gasteiger partial charge in [0.05, 0.1) is 23.2 Å². The van der Waals surface area contributed by atoms with Crippen LogP contribution < -0.4 is 5.32 Å². The maximum atomic E-state index is 13.2. The summed E-state index contributed by atoms with van der Waals surface area (Å²) in [5.41, 5.74) is 1.28. The van der Waals surface area contributed by atoms with Crippen molar-refractivity contribution < 1.29 is 17.6 Å². The molecule has 0 saturated carbocycles. The molecule has 1 fully saturated rings. The zero-order valence-electron chi connectivity index (χ0n) is 16.3. The van der Waals surface area contributed by atoms with Crippen LogP contribution in [0.25, 0.3) is 11.0 Å². The topological polar surface area (TPSA) is 110 Å². The van der Waals surface area contributed by atoms with E-state index in [1.165, 1.54) is 16.6 Å². The van der Waals surface area contributed by atoms with Crippen LogP contribution >= 0.6 is 0 Å². The summed E-state index contributed by atoms with van der Waals surface area (Å²) in [5, 5.41) is 10.9. The number of furan rings is 1. The summed E-state index contributed by atoms with van der Waals surface area (Å²) in [7, 11) is -3.84. The standard InChI is InChI=1S/C19H23N5O4S/c1-13(2)24-17-8-7-15(11-16(17)21-22-24)29(26,27)23-9-3-6-18(23)19(25)20-12-14-5-4-10-28-14/h4-5,7-8,10-11,13,18H,3,6,9,12H2,1-2H3,(H,20,25)/t18-/m1/s1. The van der Waals surface area contributed by atoms with Crippen molar-refractivity contribution in [3.05, 3.63) is 42.4 Å². The number of carbonyl (C=O) groups is 1. The van der Waals surface area contributed by atoms with Crippen LogP contribution in [0.3, 0.4) is 0 Å².